The summed E-state index contributed by atoms with van der Waals surface area (Å²) in [6.45, 7) is 9.21. The molecule has 0 spiro atoms. The first-order chi connectivity index (χ1) is 15.7. The molecule has 32 heavy (non-hydrogen) atoms. The van der Waals surface area contributed by atoms with E-state index in [1.165, 1.54) is 0 Å². The predicted octanol–water partition coefficient (Wildman–Crippen LogP) is 2.63. The van der Waals surface area contributed by atoms with Gasteiger partial charge in [-0.2, -0.15) is 0 Å². The molecule has 1 aliphatic heterocycles. The largest absolute Gasteiger partial charge is 0.497 e. The van der Waals surface area contributed by atoms with Gasteiger partial charge in [0.25, 0.3) is 0 Å². The van der Waals surface area contributed by atoms with E-state index in [1.54, 1.807) is 14.2 Å². The van der Waals surface area contributed by atoms with Gasteiger partial charge in [-0.15, -0.1) is 11.7 Å². The number of methoxy groups -OCH3 is 2. The highest BCUT2D eigenvalue weighted by Gasteiger charge is 2.30. The SMILES string of the molecule is C=CCN1CCN(C(c2ccc(OC)cc2)c2nnnn2Cc2ccc(OC)cc2)CC1. The monoisotopic (exact) mass is 434 g/mol. The third kappa shape index (κ3) is 4.98. The van der Waals surface area contributed by atoms with Crippen LogP contribution in [0.15, 0.2) is 61.2 Å². The van der Waals surface area contributed by atoms with Crippen LogP contribution in [0.3, 0.4) is 0 Å². The number of benzene rings is 2. The van der Waals surface area contributed by atoms with Gasteiger partial charge >= 0.3 is 0 Å². The van der Waals surface area contributed by atoms with Gasteiger partial charge in [-0.1, -0.05) is 30.3 Å². The Labute approximate surface area is 189 Å². The molecule has 1 atom stereocenters. The minimum absolute atomic E-state index is 0.0416. The van der Waals surface area contributed by atoms with E-state index in [4.69, 9.17) is 9.47 Å². The molecule has 0 radical (unpaired) electrons. The predicted molar refractivity (Wildman–Crippen MR) is 123 cm³/mol. The van der Waals surface area contributed by atoms with Crippen LogP contribution in [0.1, 0.15) is 23.0 Å². The number of rotatable bonds is 9. The molecule has 168 valence electrons. The molecule has 0 bridgehead atoms. The van der Waals surface area contributed by atoms with Crippen LogP contribution < -0.4 is 9.47 Å². The fourth-order valence-corrected chi connectivity index (χ4v) is 4.12. The number of tetrazole rings is 1. The fourth-order valence-electron chi connectivity index (χ4n) is 4.12. The maximum atomic E-state index is 5.36. The van der Waals surface area contributed by atoms with Crippen LogP contribution in [0.4, 0.5) is 0 Å². The average Bonchev–Trinajstić information content (AvgIpc) is 3.29. The van der Waals surface area contributed by atoms with Crippen LogP contribution >= 0.6 is 0 Å². The molecule has 1 fully saturated rings. The maximum Gasteiger partial charge on any atom is 0.173 e. The van der Waals surface area contributed by atoms with Crippen molar-refractivity contribution < 1.29 is 9.47 Å². The average molecular weight is 435 g/mol. The minimum Gasteiger partial charge on any atom is -0.497 e. The van der Waals surface area contributed by atoms with Crippen LogP contribution in [0, 0.1) is 0 Å². The molecule has 1 saturated heterocycles. The van der Waals surface area contributed by atoms with E-state index >= 15 is 0 Å². The van der Waals surface area contributed by atoms with Gasteiger partial charge in [0.2, 0.25) is 0 Å². The fraction of sp³-hybridized carbons (Fsp3) is 0.375. The third-order valence-corrected chi connectivity index (χ3v) is 5.89. The lowest BCUT2D eigenvalue weighted by Gasteiger charge is -2.38. The maximum absolute atomic E-state index is 5.36. The number of hydrogen-bond acceptors (Lipinski definition) is 7. The van der Waals surface area contributed by atoms with Gasteiger partial charge in [-0.25, -0.2) is 4.68 Å². The van der Waals surface area contributed by atoms with Crippen LogP contribution in [0.25, 0.3) is 0 Å². The van der Waals surface area contributed by atoms with Crippen molar-refractivity contribution in [1.29, 1.82) is 0 Å². The molecule has 1 aliphatic rings. The highest BCUT2D eigenvalue weighted by atomic mass is 16.5. The zero-order chi connectivity index (χ0) is 22.3. The Balaban J connectivity index is 1.62. The van der Waals surface area contributed by atoms with Gasteiger partial charge in [0.15, 0.2) is 5.82 Å². The molecule has 2 heterocycles. The lowest BCUT2D eigenvalue weighted by molar-refractivity contribution is 0.112. The number of piperazine rings is 1. The molecule has 1 aromatic heterocycles. The molecule has 0 amide bonds. The highest BCUT2D eigenvalue weighted by Crippen LogP contribution is 2.29. The summed E-state index contributed by atoms with van der Waals surface area (Å²) in [7, 11) is 3.35. The van der Waals surface area contributed by atoms with Crippen molar-refractivity contribution in [2.24, 2.45) is 0 Å². The van der Waals surface area contributed by atoms with Crippen molar-refractivity contribution in [2.45, 2.75) is 12.6 Å². The summed E-state index contributed by atoms with van der Waals surface area (Å²) in [6.07, 6.45) is 1.96. The number of ether oxygens (including phenoxy) is 2. The molecule has 0 N–H and O–H groups in total. The van der Waals surface area contributed by atoms with E-state index < -0.39 is 0 Å². The molecule has 4 rings (SSSR count). The van der Waals surface area contributed by atoms with E-state index in [2.05, 4.69) is 44.0 Å². The second-order valence-electron chi connectivity index (χ2n) is 7.84. The summed E-state index contributed by atoms with van der Waals surface area (Å²) in [6, 6.07) is 16.2. The summed E-state index contributed by atoms with van der Waals surface area (Å²) < 4.78 is 12.5. The Morgan fingerprint density at radius 1 is 0.938 bits per heavy atom. The highest BCUT2D eigenvalue weighted by molar-refractivity contribution is 5.32. The first-order valence-corrected chi connectivity index (χ1v) is 10.8. The van der Waals surface area contributed by atoms with E-state index in [9.17, 15) is 0 Å². The van der Waals surface area contributed by atoms with Gasteiger partial charge in [0.05, 0.1) is 26.8 Å². The van der Waals surface area contributed by atoms with Gasteiger partial charge in [0, 0.05) is 32.7 Å². The van der Waals surface area contributed by atoms with E-state index in [1.807, 2.05) is 47.2 Å². The van der Waals surface area contributed by atoms with Crippen LogP contribution in [0.2, 0.25) is 0 Å². The van der Waals surface area contributed by atoms with Crippen LogP contribution in [0.5, 0.6) is 11.5 Å². The van der Waals surface area contributed by atoms with E-state index in [0.29, 0.717) is 6.54 Å². The van der Waals surface area contributed by atoms with Gasteiger partial charge in [0.1, 0.15) is 11.5 Å². The van der Waals surface area contributed by atoms with Crippen molar-refractivity contribution in [2.75, 3.05) is 46.9 Å². The van der Waals surface area contributed by atoms with Crippen molar-refractivity contribution in [1.82, 2.24) is 30.0 Å². The topological polar surface area (TPSA) is 68.5 Å². The first kappa shape index (κ1) is 22.0. The Morgan fingerprint density at radius 2 is 1.56 bits per heavy atom. The second-order valence-corrected chi connectivity index (χ2v) is 7.84. The van der Waals surface area contributed by atoms with E-state index in [0.717, 1.165) is 61.2 Å². The smallest absolute Gasteiger partial charge is 0.173 e. The lowest BCUT2D eigenvalue weighted by atomic mass is 10.0. The lowest BCUT2D eigenvalue weighted by Crippen LogP contribution is -2.48. The summed E-state index contributed by atoms with van der Waals surface area (Å²) in [4.78, 5) is 4.87. The Morgan fingerprint density at radius 3 is 2.16 bits per heavy atom. The number of hydrogen-bond donors (Lipinski definition) is 0. The van der Waals surface area contributed by atoms with Gasteiger partial charge in [-0.05, 0) is 45.8 Å². The molecule has 0 saturated carbocycles. The Bertz CT molecular complexity index is 994. The van der Waals surface area contributed by atoms with Gasteiger partial charge < -0.3 is 9.47 Å². The molecule has 8 heteroatoms. The van der Waals surface area contributed by atoms with Crippen molar-refractivity contribution >= 4 is 0 Å². The quantitative estimate of drug-likeness (QED) is 0.480. The van der Waals surface area contributed by atoms with Crippen molar-refractivity contribution in [3.05, 3.63) is 78.1 Å². The molecular formula is C24H30N6O2. The summed E-state index contributed by atoms with van der Waals surface area (Å²) >= 11 is 0. The third-order valence-electron chi connectivity index (χ3n) is 5.89. The summed E-state index contributed by atoms with van der Waals surface area (Å²) in [5.74, 6) is 2.50. The molecule has 2 aromatic carbocycles. The zero-order valence-electron chi connectivity index (χ0n) is 18.7. The molecule has 1 unspecified atom stereocenters. The van der Waals surface area contributed by atoms with Crippen molar-refractivity contribution in [3.63, 3.8) is 0 Å². The summed E-state index contributed by atoms with van der Waals surface area (Å²) in [5.41, 5.74) is 2.26. The molecule has 8 nitrogen and oxygen atoms in total. The van der Waals surface area contributed by atoms with Crippen molar-refractivity contribution in [3.8, 4) is 11.5 Å². The first-order valence-electron chi connectivity index (χ1n) is 10.8. The minimum atomic E-state index is -0.0416. The number of nitrogens with zero attached hydrogens (tertiary/aromatic N) is 6. The normalized spacial score (nSPS) is 15.9. The molecular weight excluding hydrogens is 404 g/mol. The number of aromatic nitrogens is 4. The van der Waals surface area contributed by atoms with Crippen LogP contribution in [-0.2, 0) is 6.54 Å². The standard InChI is InChI=1S/C24H30N6O2/c1-4-13-28-14-16-29(17-15-28)23(20-7-11-22(32-3)12-8-20)24-25-26-27-30(24)18-19-5-9-21(31-2)10-6-19/h4-12,23H,1,13-18H2,2-3H3. The molecule has 3 aromatic rings. The molecule has 0 aliphatic carbocycles. The Hall–Kier alpha value is -3.23. The van der Waals surface area contributed by atoms with E-state index in [-0.39, 0.29) is 6.04 Å². The second kappa shape index (κ2) is 10.4. The zero-order valence-corrected chi connectivity index (χ0v) is 18.7. The van der Waals surface area contributed by atoms with Gasteiger partial charge in [-0.3, -0.25) is 9.80 Å². The Kier molecular flexibility index (Phi) is 7.14. The van der Waals surface area contributed by atoms with Crippen LogP contribution in [-0.4, -0.2) is 77.0 Å². The summed E-state index contributed by atoms with van der Waals surface area (Å²) in [5, 5.41) is 12.8.